The van der Waals surface area contributed by atoms with Crippen LogP contribution in [0.1, 0.15) is 37.6 Å². The summed E-state index contributed by atoms with van der Waals surface area (Å²) in [5, 5.41) is 14.1. The SMILES string of the molecule is CCC.CNCCNC(=O)C(C)NC(=O)c1ccc(Nc2nccn3c(-c4ccc(NC)c(F)c4F)cnc23)cc1. The summed E-state index contributed by atoms with van der Waals surface area (Å²) in [5.74, 6) is -2.23. The molecule has 2 aromatic carbocycles. The molecule has 1 unspecified atom stereocenters. The van der Waals surface area contributed by atoms with Crippen LogP contribution in [0.3, 0.4) is 0 Å². The third-order valence-corrected chi connectivity index (χ3v) is 5.88. The number of carbonyl (C=O) groups excluding carboxylic acids is 2. The Balaban J connectivity index is 0.00000147. The topological polar surface area (TPSA) is 124 Å². The number of imidazole rings is 1. The van der Waals surface area contributed by atoms with Gasteiger partial charge in [0, 0.05) is 49.3 Å². The first-order valence-corrected chi connectivity index (χ1v) is 13.3. The summed E-state index contributed by atoms with van der Waals surface area (Å²) in [5.41, 5.74) is 1.89. The lowest BCUT2D eigenvalue weighted by Gasteiger charge is -2.14. The van der Waals surface area contributed by atoms with Gasteiger partial charge < -0.3 is 26.6 Å². The number of amides is 2. The number of likely N-dealkylation sites (N-methyl/N-ethyl adjacent to an activating group) is 1. The van der Waals surface area contributed by atoms with Crippen LogP contribution < -0.4 is 26.6 Å². The molecule has 0 saturated carbocycles. The Bertz CT molecular complexity index is 1470. The number of anilines is 3. The second-order valence-corrected chi connectivity index (χ2v) is 9.15. The van der Waals surface area contributed by atoms with Gasteiger partial charge in [-0.25, -0.2) is 18.7 Å². The molecule has 2 aromatic heterocycles. The Hall–Kier alpha value is -4.58. The Morgan fingerprint density at radius 3 is 2.34 bits per heavy atom. The third-order valence-electron chi connectivity index (χ3n) is 5.88. The molecule has 4 rings (SSSR count). The standard InChI is InChI=1S/C26H28F2N8O2.C3H8/c1-15(25(37)32-11-10-29-2)34-26(38)16-4-6-17(7-5-16)35-23-24-33-14-20(36(24)13-12-31-23)18-8-9-19(30-3)22(28)21(18)27;1-3-2/h4-9,12-15,29-30H,10-11H2,1-3H3,(H,31,35)(H,32,37)(H,34,38);3H2,1-2H3. The molecule has 0 radical (unpaired) electrons. The lowest BCUT2D eigenvalue weighted by atomic mass is 10.1. The minimum Gasteiger partial charge on any atom is -0.386 e. The quantitative estimate of drug-likeness (QED) is 0.181. The molecule has 1 atom stereocenters. The molecule has 4 aromatic rings. The molecule has 2 heterocycles. The van der Waals surface area contributed by atoms with Crippen LogP contribution in [-0.4, -0.2) is 59.4 Å². The molecule has 0 fully saturated rings. The average molecular weight is 567 g/mol. The summed E-state index contributed by atoms with van der Waals surface area (Å²) in [4.78, 5) is 33.3. The molecule has 0 bridgehead atoms. The molecule has 0 aliphatic rings. The molecule has 0 saturated heterocycles. The summed E-state index contributed by atoms with van der Waals surface area (Å²) in [6, 6.07) is 8.85. The largest absolute Gasteiger partial charge is 0.386 e. The second kappa shape index (κ2) is 14.7. The molecular weight excluding hydrogens is 530 g/mol. The van der Waals surface area contributed by atoms with Crippen molar-refractivity contribution in [3.63, 3.8) is 0 Å². The van der Waals surface area contributed by atoms with Crippen LogP contribution in [0.4, 0.5) is 26.0 Å². The van der Waals surface area contributed by atoms with Crippen LogP contribution in [0.25, 0.3) is 16.9 Å². The van der Waals surface area contributed by atoms with E-state index in [0.29, 0.717) is 41.5 Å². The van der Waals surface area contributed by atoms with Crippen molar-refractivity contribution in [1.82, 2.24) is 30.3 Å². The van der Waals surface area contributed by atoms with Crippen LogP contribution in [0.2, 0.25) is 0 Å². The molecule has 0 aliphatic carbocycles. The zero-order valence-corrected chi connectivity index (χ0v) is 23.8. The molecule has 10 nitrogen and oxygen atoms in total. The summed E-state index contributed by atoms with van der Waals surface area (Å²) in [6.07, 6.45) is 5.82. The number of hydrogen-bond donors (Lipinski definition) is 5. The fraction of sp³-hybridized carbons (Fsp3) is 0.310. The van der Waals surface area contributed by atoms with E-state index in [2.05, 4.69) is 50.4 Å². The first kappa shape index (κ1) is 31.0. The van der Waals surface area contributed by atoms with Crippen molar-refractivity contribution in [3.05, 3.63) is 72.2 Å². The molecule has 12 heteroatoms. The maximum atomic E-state index is 14.7. The van der Waals surface area contributed by atoms with Crippen LogP contribution >= 0.6 is 0 Å². The summed E-state index contributed by atoms with van der Waals surface area (Å²) < 4.78 is 30.7. The van der Waals surface area contributed by atoms with Gasteiger partial charge in [-0.1, -0.05) is 20.3 Å². The first-order chi connectivity index (χ1) is 19.7. The minimum absolute atomic E-state index is 0.0588. The van der Waals surface area contributed by atoms with Crippen LogP contribution in [0.15, 0.2) is 55.0 Å². The Morgan fingerprint density at radius 1 is 0.976 bits per heavy atom. The van der Waals surface area contributed by atoms with Gasteiger partial charge in [0.1, 0.15) is 6.04 Å². The summed E-state index contributed by atoms with van der Waals surface area (Å²) in [7, 11) is 3.30. The van der Waals surface area contributed by atoms with E-state index < -0.39 is 17.7 Å². The number of benzene rings is 2. The van der Waals surface area contributed by atoms with Gasteiger partial charge in [0.25, 0.3) is 5.91 Å². The van der Waals surface area contributed by atoms with Crippen LogP contribution in [-0.2, 0) is 4.79 Å². The highest BCUT2D eigenvalue weighted by Crippen LogP contribution is 2.30. The van der Waals surface area contributed by atoms with Gasteiger partial charge in [0.2, 0.25) is 5.91 Å². The van der Waals surface area contributed by atoms with E-state index >= 15 is 0 Å². The minimum atomic E-state index is -0.983. The van der Waals surface area contributed by atoms with Crippen molar-refractivity contribution in [2.24, 2.45) is 0 Å². The van der Waals surface area contributed by atoms with Gasteiger partial charge in [0.05, 0.1) is 17.6 Å². The highest BCUT2D eigenvalue weighted by atomic mass is 19.2. The number of halogens is 2. The molecular formula is C29H36F2N8O2. The number of aromatic nitrogens is 3. The molecule has 5 N–H and O–H groups in total. The Labute approximate surface area is 238 Å². The van der Waals surface area contributed by atoms with Crippen molar-refractivity contribution in [3.8, 4) is 11.3 Å². The number of nitrogens with zero attached hydrogens (tertiary/aromatic N) is 3. The summed E-state index contributed by atoms with van der Waals surface area (Å²) >= 11 is 0. The zero-order valence-electron chi connectivity index (χ0n) is 23.8. The van der Waals surface area contributed by atoms with Crippen molar-refractivity contribution in [2.45, 2.75) is 33.2 Å². The zero-order chi connectivity index (χ0) is 29.9. The van der Waals surface area contributed by atoms with E-state index in [1.807, 2.05) is 0 Å². The molecule has 0 aliphatic heterocycles. The van der Waals surface area contributed by atoms with Gasteiger partial charge in [0.15, 0.2) is 23.1 Å². The predicted octanol–water partition coefficient (Wildman–Crippen LogP) is 4.33. The van der Waals surface area contributed by atoms with E-state index in [1.165, 1.54) is 38.0 Å². The second-order valence-electron chi connectivity index (χ2n) is 9.15. The highest BCUT2D eigenvalue weighted by Gasteiger charge is 2.19. The molecule has 41 heavy (non-hydrogen) atoms. The number of carbonyl (C=O) groups is 2. The smallest absolute Gasteiger partial charge is 0.251 e. The maximum Gasteiger partial charge on any atom is 0.251 e. The third kappa shape index (κ3) is 7.54. The lowest BCUT2D eigenvalue weighted by Crippen LogP contribution is -2.46. The van der Waals surface area contributed by atoms with Crippen LogP contribution in [0.5, 0.6) is 0 Å². The van der Waals surface area contributed by atoms with Gasteiger partial charge in [-0.2, -0.15) is 0 Å². The van der Waals surface area contributed by atoms with E-state index in [-0.39, 0.29) is 23.1 Å². The molecule has 2 amide bonds. The van der Waals surface area contributed by atoms with Gasteiger partial charge in [-0.15, -0.1) is 0 Å². The van der Waals surface area contributed by atoms with Crippen molar-refractivity contribution in [2.75, 3.05) is 37.8 Å². The Kier molecular flexibility index (Phi) is 11.1. The van der Waals surface area contributed by atoms with Gasteiger partial charge in [-0.05, 0) is 50.4 Å². The maximum absolute atomic E-state index is 14.7. The molecule has 218 valence electrons. The monoisotopic (exact) mass is 566 g/mol. The van der Waals surface area contributed by atoms with E-state index in [4.69, 9.17) is 0 Å². The van der Waals surface area contributed by atoms with E-state index in [0.717, 1.165) is 0 Å². The van der Waals surface area contributed by atoms with Crippen molar-refractivity contribution < 1.29 is 18.4 Å². The van der Waals surface area contributed by atoms with E-state index in [9.17, 15) is 18.4 Å². The van der Waals surface area contributed by atoms with Crippen molar-refractivity contribution >= 4 is 34.7 Å². The number of hydrogen-bond acceptors (Lipinski definition) is 7. The first-order valence-electron chi connectivity index (χ1n) is 13.3. The lowest BCUT2D eigenvalue weighted by molar-refractivity contribution is -0.122. The number of rotatable bonds is 10. The Morgan fingerprint density at radius 2 is 1.68 bits per heavy atom. The van der Waals surface area contributed by atoms with E-state index in [1.54, 1.807) is 48.8 Å². The normalized spacial score (nSPS) is 11.3. The van der Waals surface area contributed by atoms with Crippen LogP contribution in [0, 0.1) is 11.6 Å². The van der Waals surface area contributed by atoms with Gasteiger partial charge >= 0.3 is 0 Å². The summed E-state index contributed by atoms with van der Waals surface area (Å²) in [6.45, 7) is 6.95. The highest BCUT2D eigenvalue weighted by molar-refractivity contribution is 5.97. The fourth-order valence-electron chi connectivity index (χ4n) is 3.80. The van der Waals surface area contributed by atoms with Gasteiger partial charge in [-0.3, -0.25) is 14.0 Å². The number of fused-ring (bicyclic) bond motifs is 1. The van der Waals surface area contributed by atoms with Crippen molar-refractivity contribution in [1.29, 1.82) is 0 Å². The average Bonchev–Trinajstić information content (AvgIpc) is 3.40. The predicted molar refractivity (Wildman–Crippen MR) is 157 cm³/mol. The molecule has 0 spiro atoms. The fourth-order valence-corrected chi connectivity index (χ4v) is 3.80. The number of nitrogens with one attached hydrogen (secondary N) is 5.